The van der Waals surface area contributed by atoms with E-state index in [1.165, 1.54) is 12.8 Å². The van der Waals surface area contributed by atoms with Crippen LogP contribution in [0.1, 0.15) is 19.8 Å². The number of hydrogen-bond donors (Lipinski definition) is 2. The van der Waals surface area contributed by atoms with E-state index in [0.717, 1.165) is 13.1 Å². The Morgan fingerprint density at radius 3 is 2.39 bits per heavy atom. The summed E-state index contributed by atoms with van der Waals surface area (Å²) in [6.07, 6.45) is 4.65. The minimum atomic E-state index is 0.331. The number of hydrogen-bond acceptors (Lipinski definition) is 7. The summed E-state index contributed by atoms with van der Waals surface area (Å²) < 4.78 is 5.44. The Bertz CT molecular complexity index is 410. The van der Waals surface area contributed by atoms with Gasteiger partial charge < -0.3 is 15.4 Å². The SMILES string of the molecule is CCNc1nc(NCC2(SC)CC2)nc(OC)n1. The Kier molecular flexibility index (Phi) is 4.11. The predicted octanol–water partition coefficient (Wildman–Crippen LogP) is 1.62. The molecule has 18 heavy (non-hydrogen) atoms. The molecule has 1 saturated carbocycles. The van der Waals surface area contributed by atoms with Crippen LogP contribution in [0.4, 0.5) is 11.9 Å². The highest BCUT2D eigenvalue weighted by molar-refractivity contribution is 8.00. The highest BCUT2D eigenvalue weighted by atomic mass is 32.2. The number of thioether (sulfide) groups is 1. The number of ether oxygens (including phenoxy) is 1. The van der Waals surface area contributed by atoms with Crippen molar-refractivity contribution < 1.29 is 4.74 Å². The van der Waals surface area contributed by atoms with E-state index in [1.807, 2.05) is 18.7 Å². The minimum Gasteiger partial charge on any atom is -0.467 e. The number of nitrogens with one attached hydrogen (secondary N) is 2. The summed E-state index contributed by atoms with van der Waals surface area (Å²) in [4.78, 5) is 12.6. The molecule has 100 valence electrons. The second kappa shape index (κ2) is 5.60. The molecule has 0 atom stereocenters. The number of rotatable bonds is 7. The van der Waals surface area contributed by atoms with Gasteiger partial charge in [-0.05, 0) is 26.0 Å². The van der Waals surface area contributed by atoms with Crippen LogP contribution in [-0.4, -0.2) is 46.2 Å². The van der Waals surface area contributed by atoms with E-state index < -0.39 is 0 Å². The molecule has 0 unspecified atom stereocenters. The van der Waals surface area contributed by atoms with Gasteiger partial charge in [0.2, 0.25) is 11.9 Å². The van der Waals surface area contributed by atoms with Gasteiger partial charge in [0, 0.05) is 17.8 Å². The van der Waals surface area contributed by atoms with Gasteiger partial charge in [0.15, 0.2) is 0 Å². The van der Waals surface area contributed by atoms with Crippen molar-refractivity contribution in [2.75, 3.05) is 37.1 Å². The number of anilines is 2. The van der Waals surface area contributed by atoms with Gasteiger partial charge >= 0.3 is 6.01 Å². The van der Waals surface area contributed by atoms with E-state index in [-0.39, 0.29) is 0 Å². The van der Waals surface area contributed by atoms with Crippen molar-refractivity contribution in [3.8, 4) is 6.01 Å². The molecule has 1 aromatic heterocycles. The van der Waals surface area contributed by atoms with Crippen LogP contribution < -0.4 is 15.4 Å². The van der Waals surface area contributed by atoms with Crippen molar-refractivity contribution in [1.29, 1.82) is 0 Å². The fraction of sp³-hybridized carbons (Fsp3) is 0.727. The average molecular weight is 269 g/mol. The van der Waals surface area contributed by atoms with Crippen LogP contribution in [0.5, 0.6) is 6.01 Å². The van der Waals surface area contributed by atoms with Crippen molar-refractivity contribution in [2.45, 2.75) is 24.5 Å². The zero-order valence-corrected chi connectivity index (χ0v) is 11.8. The molecule has 7 heteroatoms. The quantitative estimate of drug-likeness (QED) is 0.779. The molecule has 1 fully saturated rings. The molecule has 0 bridgehead atoms. The molecule has 1 aliphatic rings. The molecule has 1 heterocycles. The van der Waals surface area contributed by atoms with Crippen molar-refractivity contribution in [2.24, 2.45) is 0 Å². The second-order valence-electron chi connectivity index (χ2n) is 4.24. The molecule has 0 saturated heterocycles. The first-order valence-electron chi connectivity index (χ1n) is 6.04. The zero-order valence-electron chi connectivity index (χ0n) is 11.0. The lowest BCUT2D eigenvalue weighted by atomic mass is 10.4. The van der Waals surface area contributed by atoms with Crippen molar-refractivity contribution >= 4 is 23.7 Å². The second-order valence-corrected chi connectivity index (χ2v) is 5.51. The van der Waals surface area contributed by atoms with Gasteiger partial charge in [0.05, 0.1) is 7.11 Å². The highest BCUT2D eigenvalue weighted by Gasteiger charge is 2.41. The summed E-state index contributed by atoms with van der Waals surface area (Å²) in [5.74, 6) is 1.11. The van der Waals surface area contributed by atoms with Crippen LogP contribution in [-0.2, 0) is 0 Å². The average Bonchev–Trinajstić information content (AvgIpc) is 3.17. The Balaban J connectivity index is 2.04. The largest absolute Gasteiger partial charge is 0.467 e. The van der Waals surface area contributed by atoms with E-state index in [0.29, 0.717) is 22.7 Å². The summed E-state index contributed by atoms with van der Waals surface area (Å²) in [6.45, 7) is 3.64. The topological polar surface area (TPSA) is 72.0 Å². The summed E-state index contributed by atoms with van der Waals surface area (Å²) >= 11 is 1.90. The zero-order chi connectivity index (χ0) is 13.0. The Labute approximate surface area is 111 Å². The van der Waals surface area contributed by atoms with E-state index >= 15 is 0 Å². The van der Waals surface area contributed by atoms with Gasteiger partial charge in [-0.15, -0.1) is 0 Å². The maximum Gasteiger partial charge on any atom is 0.322 e. The maximum atomic E-state index is 5.07. The normalized spacial score (nSPS) is 16.2. The molecule has 0 amide bonds. The molecule has 0 aromatic carbocycles. The van der Waals surface area contributed by atoms with Crippen LogP contribution >= 0.6 is 11.8 Å². The molecule has 2 N–H and O–H groups in total. The summed E-state index contributed by atoms with van der Waals surface area (Å²) in [5, 5.41) is 6.33. The van der Waals surface area contributed by atoms with Gasteiger partial charge in [-0.25, -0.2) is 0 Å². The highest BCUT2D eigenvalue weighted by Crippen LogP contribution is 2.46. The third kappa shape index (κ3) is 3.16. The van der Waals surface area contributed by atoms with E-state index in [4.69, 9.17) is 4.74 Å². The van der Waals surface area contributed by atoms with Crippen LogP contribution in [0.15, 0.2) is 0 Å². The first-order valence-corrected chi connectivity index (χ1v) is 7.27. The Morgan fingerprint density at radius 1 is 1.22 bits per heavy atom. The molecule has 6 nitrogen and oxygen atoms in total. The van der Waals surface area contributed by atoms with Gasteiger partial charge in [0.25, 0.3) is 0 Å². The smallest absolute Gasteiger partial charge is 0.322 e. The minimum absolute atomic E-state index is 0.331. The van der Waals surface area contributed by atoms with Crippen molar-refractivity contribution in [1.82, 2.24) is 15.0 Å². The number of aromatic nitrogens is 3. The lowest BCUT2D eigenvalue weighted by Crippen LogP contribution is -2.19. The molecule has 0 spiro atoms. The van der Waals surface area contributed by atoms with E-state index in [9.17, 15) is 0 Å². The third-order valence-electron chi connectivity index (χ3n) is 2.94. The molecule has 1 aromatic rings. The van der Waals surface area contributed by atoms with Gasteiger partial charge in [0.1, 0.15) is 0 Å². The molecular formula is C11H19N5OS. The monoisotopic (exact) mass is 269 g/mol. The number of methoxy groups -OCH3 is 1. The lowest BCUT2D eigenvalue weighted by molar-refractivity contribution is 0.379. The Hall–Kier alpha value is -1.24. The van der Waals surface area contributed by atoms with Crippen molar-refractivity contribution in [3.63, 3.8) is 0 Å². The first-order chi connectivity index (χ1) is 8.71. The lowest BCUT2D eigenvalue weighted by Gasteiger charge is -2.13. The van der Waals surface area contributed by atoms with E-state index in [2.05, 4.69) is 31.8 Å². The molecule has 2 rings (SSSR count). The molecule has 0 aliphatic heterocycles. The molecule has 0 radical (unpaired) electrons. The van der Waals surface area contributed by atoms with Crippen LogP contribution in [0.3, 0.4) is 0 Å². The van der Waals surface area contributed by atoms with Gasteiger partial charge in [-0.2, -0.15) is 26.7 Å². The van der Waals surface area contributed by atoms with Gasteiger partial charge in [-0.1, -0.05) is 0 Å². The first kappa shape index (κ1) is 13.2. The fourth-order valence-corrected chi connectivity index (χ4v) is 2.32. The summed E-state index contributed by atoms with van der Waals surface area (Å²) in [6, 6.07) is 0.331. The fourth-order valence-electron chi connectivity index (χ4n) is 1.60. The van der Waals surface area contributed by atoms with Crippen LogP contribution in [0.2, 0.25) is 0 Å². The summed E-state index contributed by atoms with van der Waals surface area (Å²) in [7, 11) is 1.55. The predicted molar refractivity (Wildman–Crippen MR) is 74.5 cm³/mol. The number of nitrogens with zero attached hydrogens (tertiary/aromatic N) is 3. The molecular weight excluding hydrogens is 250 g/mol. The van der Waals surface area contributed by atoms with E-state index in [1.54, 1.807) is 7.11 Å². The Morgan fingerprint density at radius 2 is 1.89 bits per heavy atom. The molecule has 1 aliphatic carbocycles. The summed E-state index contributed by atoms with van der Waals surface area (Å²) in [5.41, 5.74) is 0. The van der Waals surface area contributed by atoms with Gasteiger partial charge in [-0.3, -0.25) is 0 Å². The maximum absolute atomic E-state index is 5.07. The van der Waals surface area contributed by atoms with Crippen LogP contribution in [0, 0.1) is 0 Å². The third-order valence-corrected chi connectivity index (χ3v) is 4.36. The van der Waals surface area contributed by atoms with Crippen LogP contribution in [0.25, 0.3) is 0 Å². The van der Waals surface area contributed by atoms with Crippen molar-refractivity contribution in [3.05, 3.63) is 0 Å². The standard InChI is InChI=1S/C11H19N5OS/c1-4-12-8-14-9(16-10(15-8)17-2)13-7-11(18-3)5-6-11/h4-7H2,1-3H3,(H2,12,13,14,15,16).